The number of nitrogens with one attached hydrogen (secondary N) is 2. The largest absolute Gasteiger partial charge is 0.465 e. The van der Waals surface area contributed by atoms with Crippen LogP contribution in [0.1, 0.15) is 106 Å². The topological polar surface area (TPSA) is 87.7 Å². The van der Waals surface area contributed by atoms with E-state index in [0.717, 1.165) is 66.6 Å². The zero-order valence-corrected chi connectivity index (χ0v) is 31.6. The van der Waals surface area contributed by atoms with E-state index in [1.54, 1.807) is 11.9 Å². The van der Waals surface area contributed by atoms with E-state index in [0.29, 0.717) is 42.3 Å². The second-order valence-corrected chi connectivity index (χ2v) is 13.6. The quantitative estimate of drug-likeness (QED) is 0.0512. The molecule has 0 fully saturated rings. The van der Waals surface area contributed by atoms with Crippen LogP contribution in [0.25, 0.3) is 11.1 Å². The maximum absolute atomic E-state index is 13.6. The van der Waals surface area contributed by atoms with Crippen molar-refractivity contribution in [2.24, 2.45) is 5.92 Å². The van der Waals surface area contributed by atoms with Crippen LogP contribution in [0, 0.1) is 5.92 Å². The fraction of sp³-hybridized carbons (Fsp3) is 0.400. The Bertz CT molecular complexity index is 1720. The Labute approximate surface area is 311 Å². The standard InChI is InChI=1S/C45H57N3O4/c1-5-8-10-11-17-30-46-45(51)48(4)38-23-18-22-37(32-38)39-28-26-35(27-29-43(49)52-33-34(7-3)19-9-6-2)31-42(39)47-41-25-16-15-24-40(41)44(50)36-20-13-12-14-21-36/h12-16,18,20-26,28,31-32,34,47H,5-11,17,19,27,29-30,33H2,1-4H3,(H,46,51). The van der Waals surface area contributed by atoms with Gasteiger partial charge >= 0.3 is 12.0 Å². The van der Waals surface area contributed by atoms with Crippen molar-refractivity contribution in [1.29, 1.82) is 0 Å². The Balaban J connectivity index is 1.58. The van der Waals surface area contributed by atoms with Gasteiger partial charge in [-0.15, -0.1) is 0 Å². The molecular weight excluding hydrogens is 647 g/mol. The van der Waals surface area contributed by atoms with Crippen molar-refractivity contribution in [1.82, 2.24) is 5.32 Å². The molecule has 0 saturated carbocycles. The lowest BCUT2D eigenvalue weighted by Crippen LogP contribution is -2.37. The van der Waals surface area contributed by atoms with Crippen molar-refractivity contribution in [3.8, 4) is 11.1 Å². The molecule has 4 rings (SSSR count). The summed E-state index contributed by atoms with van der Waals surface area (Å²) in [7, 11) is 1.78. The van der Waals surface area contributed by atoms with Crippen molar-refractivity contribution in [2.75, 3.05) is 30.4 Å². The lowest BCUT2D eigenvalue weighted by atomic mass is 9.97. The zero-order valence-electron chi connectivity index (χ0n) is 31.6. The van der Waals surface area contributed by atoms with Crippen molar-refractivity contribution >= 4 is 34.8 Å². The third-order valence-corrected chi connectivity index (χ3v) is 9.61. The number of nitrogens with zero attached hydrogens (tertiary/aromatic N) is 1. The number of amides is 2. The molecule has 276 valence electrons. The summed E-state index contributed by atoms with van der Waals surface area (Å²) in [6.07, 6.45) is 10.8. The van der Waals surface area contributed by atoms with Gasteiger partial charge in [0, 0.05) is 53.8 Å². The first-order valence-electron chi connectivity index (χ1n) is 19.2. The number of esters is 1. The number of anilines is 3. The maximum atomic E-state index is 13.6. The Morgan fingerprint density at radius 3 is 2.27 bits per heavy atom. The van der Waals surface area contributed by atoms with Gasteiger partial charge in [0.1, 0.15) is 0 Å². The Kier molecular flexibility index (Phi) is 16.4. The Morgan fingerprint density at radius 1 is 0.750 bits per heavy atom. The number of aryl methyl sites for hydroxylation is 1. The van der Waals surface area contributed by atoms with Crippen molar-refractivity contribution in [3.05, 3.63) is 114 Å². The molecule has 0 aliphatic rings. The molecule has 1 atom stereocenters. The van der Waals surface area contributed by atoms with Gasteiger partial charge in [-0.25, -0.2) is 4.79 Å². The average molecular weight is 704 g/mol. The SMILES string of the molecule is CCCCCCCNC(=O)N(C)c1cccc(-c2ccc(CCC(=O)OCC(CC)CCCC)cc2Nc2ccccc2C(=O)c2ccccc2)c1. The monoisotopic (exact) mass is 703 g/mol. The number of para-hydroxylation sites is 1. The molecule has 2 amide bonds. The lowest BCUT2D eigenvalue weighted by molar-refractivity contribution is -0.145. The van der Waals surface area contributed by atoms with Crippen LogP contribution in [0.15, 0.2) is 97.1 Å². The van der Waals surface area contributed by atoms with Gasteiger partial charge in [0.15, 0.2) is 5.78 Å². The van der Waals surface area contributed by atoms with Crippen LogP contribution >= 0.6 is 0 Å². The van der Waals surface area contributed by atoms with Crippen LogP contribution in [0.3, 0.4) is 0 Å². The zero-order chi connectivity index (χ0) is 37.1. The molecule has 1 unspecified atom stereocenters. The highest BCUT2D eigenvalue weighted by Gasteiger charge is 2.17. The van der Waals surface area contributed by atoms with Gasteiger partial charge in [0.05, 0.1) is 6.61 Å². The number of rotatable bonds is 21. The normalized spacial score (nSPS) is 11.5. The van der Waals surface area contributed by atoms with Gasteiger partial charge in [0.25, 0.3) is 0 Å². The minimum absolute atomic E-state index is 0.0755. The molecule has 7 heteroatoms. The van der Waals surface area contributed by atoms with E-state index in [9.17, 15) is 14.4 Å². The van der Waals surface area contributed by atoms with Gasteiger partial charge < -0.3 is 15.4 Å². The smallest absolute Gasteiger partial charge is 0.321 e. The molecule has 0 aliphatic carbocycles. The van der Waals surface area contributed by atoms with Crippen LogP contribution in [0.4, 0.5) is 21.9 Å². The number of hydrogen-bond donors (Lipinski definition) is 2. The number of benzene rings is 4. The summed E-state index contributed by atoms with van der Waals surface area (Å²) in [6, 6.07) is 30.6. The van der Waals surface area contributed by atoms with E-state index < -0.39 is 0 Å². The molecule has 2 N–H and O–H groups in total. The van der Waals surface area contributed by atoms with E-state index in [4.69, 9.17) is 4.74 Å². The minimum Gasteiger partial charge on any atom is -0.465 e. The van der Waals surface area contributed by atoms with Crippen LogP contribution in [-0.2, 0) is 16.0 Å². The molecule has 0 radical (unpaired) electrons. The van der Waals surface area contributed by atoms with Crippen LogP contribution < -0.4 is 15.5 Å². The van der Waals surface area contributed by atoms with E-state index >= 15 is 0 Å². The number of unbranched alkanes of at least 4 members (excludes halogenated alkanes) is 5. The van der Waals surface area contributed by atoms with Crippen LogP contribution in [0.5, 0.6) is 0 Å². The molecule has 4 aromatic rings. The first kappa shape index (κ1) is 39.9. The third kappa shape index (κ3) is 12.1. The molecule has 0 heterocycles. The summed E-state index contributed by atoms with van der Waals surface area (Å²) in [6.45, 7) is 7.64. The van der Waals surface area contributed by atoms with Gasteiger partial charge in [-0.05, 0) is 66.6 Å². The average Bonchev–Trinajstić information content (AvgIpc) is 3.18. The summed E-state index contributed by atoms with van der Waals surface area (Å²) < 4.78 is 5.69. The van der Waals surface area contributed by atoms with Gasteiger partial charge in [-0.2, -0.15) is 0 Å². The molecule has 0 bridgehead atoms. The number of ketones is 1. The lowest BCUT2D eigenvalue weighted by Gasteiger charge is -2.20. The van der Waals surface area contributed by atoms with Crippen molar-refractivity contribution in [2.45, 2.75) is 91.4 Å². The predicted molar refractivity (Wildman–Crippen MR) is 215 cm³/mol. The highest BCUT2D eigenvalue weighted by Crippen LogP contribution is 2.35. The van der Waals surface area contributed by atoms with Crippen molar-refractivity contribution in [3.63, 3.8) is 0 Å². The molecule has 0 aromatic heterocycles. The summed E-state index contributed by atoms with van der Waals surface area (Å²) in [5.74, 6) is 0.130. The van der Waals surface area contributed by atoms with E-state index in [1.807, 2.05) is 97.1 Å². The number of hydrogen-bond acceptors (Lipinski definition) is 5. The predicted octanol–water partition coefficient (Wildman–Crippen LogP) is 11.1. The van der Waals surface area contributed by atoms with Gasteiger partial charge in [-0.3, -0.25) is 14.5 Å². The van der Waals surface area contributed by atoms with E-state index in [2.05, 4.69) is 31.4 Å². The maximum Gasteiger partial charge on any atom is 0.321 e. The summed E-state index contributed by atoms with van der Waals surface area (Å²) in [5.41, 5.74) is 6.19. The first-order valence-corrected chi connectivity index (χ1v) is 19.2. The fourth-order valence-corrected chi connectivity index (χ4v) is 6.25. The minimum atomic E-state index is -0.192. The molecule has 7 nitrogen and oxygen atoms in total. The number of carbonyl (C=O) groups is 3. The molecular formula is C45H57N3O4. The highest BCUT2D eigenvalue weighted by molar-refractivity contribution is 6.12. The molecule has 0 aliphatic heterocycles. The molecule has 0 saturated heterocycles. The number of carbonyl (C=O) groups excluding carboxylic acids is 3. The molecule has 4 aromatic carbocycles. The Morgan fingerprint density at radius 2 is 1.50 bits per heavy atom. The van der Waals surface area contributed by atoms with Gasteiger partial charge in [-0.1, -0.05) is 132 Å². The van der Waals surface area contributed by atoms with E-state index in [-0.39, 0.29) is 24.2 Å². The van der Waals surface area contributed by atoms with Crippen LogP contribution in [-0.4, -0.2) is 38.0 Å². The van der Waals surface area contributed by atoms with Gasteiger partial charge in [0.2, 0.25) is 0 Å². The second kappa shape index (κ2) is 21.5. The Hall–Kier alpha value is -4.91. The molecule has 52 heavy (non-hydrogen) atoms. The second-order valence-electron chi connectivity index (χ2n) is 13.6. The first-order chi connectivity index (χ1) is 25.3. The highest BCUT2D eigenvalue weighted by atomic mass is 16.5. The third-order valence-electron chi connectivity index (χ3n) is 9.61. The summed E-state index contributed by atoms with van der Waals surface area (Å²) >= 11 is 0. The summed E-state index contributed by atoms with van der Waals surface area (Å²) in [5, 5.41) is 6.63. The molecule has 0 spiro atoms. The number of ether oxygens (including phenoxy) is 1. The number of urea groups is 1. The van der Waals surface area contributed by atoms with Crippen molar-refractivity contribution < 1.29 is 19.1 Å². The fourth-order valence-electron chi connectivity index (χ4n) is 6.25. The van der Waals surface area contributed by atoms with Crippen LogP contribution in [0.2, 0.25) is 0 Å². The summed E-state index contributed by atoms with van der Waals surface area (Å²) in [4.78, 5) is 41.1. The van der Waals surface area contributed by atoms with E-state index in [1.165, 1.54) is 19.3 Å².